The molecule has 2 aromatic rings. The SMILES string of the molecule is Cc1ccc(NC(N)=NCC(C)Oc2ccc(Cl)cc2)cc1.I. The molecular formula is C17H21ClIN3O. The number of aryl methyl sites for hydroxylation is 1. The zero-order valence-corrected chi connectivity index (χ0v) is 16.2. The third-order valence-corrected chi connectivity index (χ3v) is 3.25. The molecule has 0 amide bonds. The predicted molar refractivity (Wildman–Crippen MR) is 108 cm³/mol. The molecule has 124 valence electrons. The monoisotopic (exact) mass is 445 g/mol. The molecule has 4 nitrogen and oxygen atoms in total. The first-order valence-corrected chi connectivity index (χ1v) is 7.46. The van der Waals surface area contributed by atoms with Crippen LogP contribution in [0.1, 0.15) is 12.5 Å². The number of hydrogen-bond donors (Lipinski definition) is 2. The lowest BCUT2D eigenvalue weighted by molar-refractivity contribution is 0.230. The molecule has 0 aliphatic heterocycles. The number of ether oxygens (including phenoxy) is 1. The Morgan fingerprint density at radius 2 is 1.78 bits per heavy atom. The predicted octanol–water partition coefficient (Wildman–Crippen LogP) is 4.46. The minimum atomic E-state index is -0.0838. The average Bonchev–Trinajstić information content (AvgIpc) is 2.50. The molecule has 0 fully saturated rings. The summed E-state index contributed by atoms with van der Waals surface area (Å²) in [6.07, 6.45) is -0.0838. The van der Waals surface area contributed by atoms with Crippen molar-refractivity contribution in [3.05, 3.63) is 59.1 Å². The van der Waals surface area contributed by atoms with Gasteiger partial charge in [0.25, 0.3) is 0 Å². The van der Waals surface area contributed by atoms with Gasteiger partial charge in [-0.2, -0.15) is 0 Å². The fraction of sp³-hybridized carbons (Fsp3) is 0.235. The van der Waals surface area contributed by atoms with E-state index in [4.69, 9.17) is 22.1 Å². The molecule has 0 saturated heterocycles. The van der Waals surface area contributed by atoms with Crippen molar-refractivity contribution < 1.29 is 4.74 Å². The van der Waals surface area contributed by atoms with E-state index in [0.29, 0.717) is 17.5 Å². The number of nitrogens with one attached hydrogen (secondary N) is 1. The zero-order chi connectivity index (χ0) is 15.9. The van der Waals surface area contributed by atoms with Crippen molar-refractivity contribution in [3.63, 3.8) is 0 Å². The minimum Gasteiger partial charge on any atom is -0.489 e. The van der Waals surface area contributed by atoms with Gasteiger partial charge in [0, 0.05) is 10.7 Å². The van der Waals surface area contributed by atoms with Gasteiger partial charge in [0.1, 0.15) is 11.9 Å². The molecule has 0 aromatic heterocycles. The van der Waals surface area contributed by atoms with Gasteiger partial charge in [-0.25, -0.2) is 4.99 Å². The van der Waals surface area contributed by atoms with Gasteiger partial charge < -0.3 is 15.8 Å². The molecule has 3 N–H and O–H groups in total. The number of anilines is 1. The highest BCUT2D eigenvalue weighted by Gasteiger charge is 2.04. The Morgan fingerprint density at radius 1 is 1.17 bits per heavy atom. The van der Waals surface area contributed by atoms with Gasteiger partial charge in [-0.15, -0.1) is 24.0 Å². The van der Waals surface area contributed by atoms with Crippen molar-refractivity contribution in [2.24, 2.45) is 10.7 Å². The normalized spacial score (nSPS) is 12.2. The standard InChI is InChI=1S/C17H20ClN3O.HI/c1-12-3-7-15(8-4-12)21-17(19)20-11-13(2)22-16-9-5-14(18)6-10-16;/h3-10,13H,11H2,1-2H3,(H3,19,20,21);1H. The lowest BCUT2D eigenvalue weighted by Crippen LogP contribution is -2.25. The topological polar surface area (TPSA) is 59.6 Å². The van der Waals surface area contributed by atoms with Crippen molar-refractivity contribution in [1.29, 1.82) is 0 Å². The third kappa shape index (κ3) is 7.09. The highest BCUT2D eigenvalue weighted by molar-refractivity contribution is 14.0. The molecule has 0 aliphatic carbocycles. The van der Waals surface area contributed by atoms with Crippen LogP contribution < -0.4 is 15.8 Å². The molecule has 0 saturated carbocycles. The van der Waals surface area contributed by atoms with Crippen molar-refractivity contribution in [3.8, 4) is 5.75 Å². The maximum atomic E-state index is 5.87. The van der Waals surface area contributed by atoms with Crippen LogP contribution in [0.5, 0.6) is 5.75 Å². The Balaban J connectivity index is 0.00000264. The van der Waals surface area contributed by atoms with E-state index in [1.165, 1.54) is 5.56 Å². The zero-order valence-electron chi connectivity index (χ0n) is 13.1. The lowest BCUT2D eigenvalue weighted by Gasteiger charge is -2.13. The first-order chi connectivity index (χ1) is 10.5. The maximum Gasteiger partial charge on any atom is 0.193 e. The van der Waals surface area contributed by atoms with Gasteiger partial charge in [-0.05, 0) is 50.2 Å². The van der Waals surface area contributed by atoms with E-state index in [1.807, 2.05) is 50.2 Å². The fourth-order valence-corrected chi connectivity index (χ4v) is 1.96. The number of aliphatic imine (C=N–C) groups is 1. The molecule has 0 spiro atoms. The smallest absolute Gasteiger partial charge is 0.193 e. The highest BCUT2D eigenvalue weighted by atomic mass is 127. The molecule has 2 rings (SSSR count). The Labute approximate surface area is 159 Å². The summed E-state index contributed by atoms with van der Waals surface area (Å²) in [7, 11) is 0. The molecule has 0 radical (unpaired) electrons. The van der Waals surface area contributed by atoms with Gasteiger partial charge in [0.05, 0.1) is 6.54 Å². The summed E-state index contributed by atoms with van der Waals surface area (Å²) in [4.78, 5) is 4.29. The highest BCUT2D eigenvalue weighted by Crippen LogP contribution is 2.16. The van der Waals surface area contributed by atoms with Crippen LogP contribution in [-0.4, -0.2) is 18.6 Å². The van der Waals surface area contributed by atoms with Gasteiger partial charge in [-0.3, -0.25) is 0 Å². The molecule has 0 heterocycles. The Morgan fingerprint density at radius 3 is 2.39 bits per heavy atom. The van der Waals surface area contributed by atoms with Crippen molar-refractivity contribution >= 4 is 47.2 Å². The Hall–Kier alpha value is -1.47. The molecule has 1 atom stereocenters. The number of benzene rings is 2. The minimum absolute atomic E-state index is 0. The van der Waals surface area contributed by atoms with Gasteiger partial charge in [0.15, 0.2) is 5.96 Å². The molecular weight excluding hydrogens is 425 g/mol. The largest absolute Gasteiger partial charge is 0.489 e. The van der Waals surface area contributed by atoms with Crippen LogP contribution in [0.2, 0.25) is 5.02 Å². The second-order valence-electron chi connectivity index (χ2n) is 5.10. The van der Waals surface area contributed by atoms with Crippen molar-refractivity contribution in [1.82, 2.24) is 0 Å². The fourth-order valence-electron chi connectivity index (χ4n) is 1.83. The Kier molecular flexibility index (Phi) is 8.19. The first kappa shape index (κ1) is 19.6. The van der Waals surface area contributed by atoms with Crippen LogP contribution in [0.3, 0.4) is 0 Å². The van der Waals surface area contributed by atoms with Crippen LogP contribution in [0.15, 0.2) is 53.5 Å². The van der Waals surface area contributed by atoms with Gasteiger partial charge in [-0.1, -0.05) is 29.3 Å². The quantitative estimate of drug-likeness (QED) is 0.406. The summed E-state index contributed by atoms with van der Waals surface area (Å²) < 4.78 is 5.74. The van der Waals surface area contributed by atoms with Gasteiger partial charge in [0.2, 0.25) is 0 Å². The molecule has 2 aromatic carbocycles. The van der Waals surface area contributed by atoms with Crippen LogP contribution >= 0.6 is 35.6 Å². The van der Waals surface area contributed by atoms with Crippen molar-refractivity contribution in [2.45, 2.75) is 20.0 Å². The van der Waals surface area contributed by atoms with E-state index in [2.05, 4.69) is 10.3 Å². The van der Waals surface area contributed by atoms with Crippen LogP contribution in [0.25, 0.3) is 0 Å². The average molecular weight is 446 g/mol. The second kappa shape index (κ2) is 9.62. The number of guanidine groups is 1. The molecule has 23 heavy (non-hydrogen) atoms. The molecule has 6 heteroatoms. The number of rotatable bonds is 5. The third-order valence-electron chi connectivity index (χ3n) is 2.99. The summed E-state index contributed by atoms with van der Waals surface area (Å²) in [6.45, 7) is 4.45. The van der Waals surface area contributed by atoms with Crippen LogP contribution in [-0.2, 0) is 0 Å². The van der Waals surface area contributed by atoms with E-state index < -0.39 is 0 Å². The second-order valence-corrected chi connectivity index (χ2v) is 5.54. The number of halogens is 2. The number of nitrogens with two attached hydrogens (primary N) is 1. The van der Waals surface area contributed by atoms with E-state index in [-0.39, 0.29) is 30.1 Å². The lowest BCUT2D eigenvalue weighted by atomic mass is 10.2. The number of hydrogen-bond acceptors (Lipinski definition) is 2. The van der Waals surface area contributed by atoms with Gasteiger partial charge >= 0.3 is 0 Å². The summed E-state index contributed by atoms with van der Waals surface area (Å²) in [5, 5.41) is 3.74. The number of nitrogens with zero attached hydrogens (tertiary/aromatic N) is 1. The summed E-state index contributed by atoms with van der Waals surface area (Å²) >= 11 is 5.84. The van der Waals surface area contributed by atoms with Crippen LogP contribution in [0, 0.1) is 6.92 Å². The Bertz CT molecular complexity index is 629. The van der Waals surface area contributed by atoms with E-state index in [9.17, 15) is 0 Å². The summed E-state index contributed by atoms with van der Waals surface area (Å²) in [5.74, 6) is 1.13. The van der Waals surface area contributed by atoms with Crippen LogP contribution in [0.4, 0.5) is 5.69 Å². The first-order valence-electron chi connectivity index (χ1n) is 7.09. The molecule has 0 aliphatic rings. The molecule has 0 bridgehead atoms. The summed E-state index contributed by atoms with van der Waals surface area (Å²) in [5.41, 5.74) is 7.99. The molecule has 1 unspecified atom stereocenters. The van der Waals surface area contributed by atoms with E-state index >= 15 is 0 Å². The maximum absolute atomic E-state index is 5.87. The van der Waals surface area contributed by atoms with E-state index in [1.54, 1.807) is 12.1 Å². The van der Waals surface area contributed by atoms with E-state index in [0.717, 1.165) is 11.4 Å². The van der Waals surface area contributed by atoms with Crippen molar-refractivity contribution in [2.75, 3.05) is 11.9 Å². The summed E-state index contributed by atoms with van der Waals surface area (Å²) in [6, 6.07) is 15.2.